The summed E-state index contributed by atoms with van der Waals surface area (Å²) in [5.74, 6) is 2.34. The number of nitriles is 1. The van der Waals surface area contributed by atoms with Gasteiger partial charge in [-0.25, -0.2) is 0 Å². The number of hydrogen-bond donors (Lipinski definition) is 2. The van der Waals surface area contributed by atoms with Gasteiger partial charge in [-0.05, 0) is 36.6 Å². The molecule has 21 heavy (non-hydrogen) atoms. The fraction of sp³-hybridized carbons (Fsp3) is 0.125. The molecule has 104 valence electrons. The first kappa shape index (κ1) is 14.6. The van der Waals surface area contributed by atoms with Gasteiger partial charge in [0, 0.05) is 11.3 Å². The Morgan fingerprint density at radius 2 is 2.24 bits per heavy atom. The lowest BCUT2D eigenvalue weighted by Gasteiger charge is -2.15. The first-order valence-electron chi connectivity index (χ1n) is 6.25. The third kappa shape index (κ3) is 3.62. The van der Waals surface area contributed by atoms with Crippen LogP contribution in [0.2, 0.25) is 0 Å². The Labute approximate surface area is 127 Å². The van der Waals surface area contributed by atoms with Gasteiger partial charge in [-0.2, -0.15) is 5.26 Å². The van der Waals surface area contributed by atoms with Crippen molar-refractivity contribution < 1.29 is 4.79 Å². The van der Waals surface area contributed by atoms with Gasteiger partial charge >= 0.3 is 0 Å². The molecule has 1 heterocycles. The summed E-state index contributed by atoms with van der Waals surface area (Å²) >= 11 is 1.32. The minimum Gasteiger partial charge on any atom is -0.374 e. The maximum absolute atomic E-state index is 12.1. The first-order valence-corrected chi connectivity index (χ1v) is 7.13. The molecule has 0 unspecified atom stereocenters. The van der Waals surface area contributed by atoms with Crippen molar-refractivity contribution in [1.82, 2.24) is 0 Å². The molecule has 0 spiro atoms. The maximum atomic E-state index is 12.1. The molecule has 0 aliphatic rings. The summed E-state index contributed by atoms with van der Waals surface area (Å²) in [5.41, 5.74) is 1.99. The van der Waals surface area contributed by atoms with Crippen molar-refractivity contribution >= 4 is 27.9 Å². The lowest BCUT2D eigenvalue weighted by atomic mass is 10.2. The van der Waals surface area contributed by atoms with Crippen molar-refractivity contribution in [2.75, 3.05) is 10.6 Å². The normalized spacial score (nSPS) is 11.0. The Morgan fingerprint density at radius 1 is 1.43 bits per heavy atom. The minimum atomic E-state index is -0.452. The summed E-state index contributed by atoms with van der Waals surface area (Å²) in [5, 5.41) is 17.1. The molecule has 0 aliphatic heterocycles. The number of terminal acetylenes is 1. The van der Waals surface area contributed by atoms with Crippen molar-refractivity contribution in [1.29, 1.82) is 5.26 Å². The van der Waals surface area contributed by atoms with Crippen LogP contribution in [0.15, 0.2) is 35.7 Å². The van der Waals surface area contributed by atoms with E-state index in [-0.39, 0.29) is 5.91 Å². The highest BCUT2D eigenvalue weighted by molar-refractivity contribution is 7.14. The predicted octanol–water partition coefficient (Wildman–Crippen LogP) is 3.04. The summed E-state index contributed by atoms with van der Waals surface area (Å²) in [4.78, 5) is 12.1. The molecular weight excluding hydrogens is 282 g/mol. The summed E-state index contributed by atoms with van der Waals surface area (Å²) in [6.45, 7) is 1.75. The number of carbonyl (C=O) groups excluding carboxylic acids is 1. The van der Waals surface area contributed by atoms with E-state index in [9.17, 15) is 4.79 Å². The summed E-state index contributed by atoms with van der Waals surface area (Å²) in [6, 6.07) is 10.6. The van der Waals surface area contributed by atoms with Crippen LogP contribution in [-0.2, 0) is 4.79 Å². The molecule has 0 saturated carbocycles. The van der Waals surface area contributed by atoms with Crippen LogP contribution < -0.4 is 10.6 Å². The largest absolute Gasteiger partial charge is 0.374 e. The second-order valence-electron chi connectivity index (χ2n) is 4.36. The van der Waals surface area contributed by atoms with Gasteiger partial charge in [-0.3, -0.25) is 4.79 Å². The molecule has 2 rings (SSSR count). The molecular formula is C16H13N3OS. The minimum absolute atomic E-state index is 0.208. The molecule has 0 radical (unpaired) electrons. The molecule has 4 nitrogen and oxygen atoms in total. The van der Waals surface area contributed by atoms with Gasteiger partial charge in [-0.15, -0.1) is 17.8 Å². The zero-order valence-electron chi connectivity index (χ0n) is 11.4. The van der Waals surface area contributed by atoms with E-state index in [1.165, 1.54) is 11.3 Å². The van der Waals surface area contributed by atoms with E-state index in [2.05, 4.69) is 16.6 Å². The van der Waals surface area contributed by atoms with Gasteiger partial charge in [0.15, 0.2) is 0 Å². The summed E-state index contributed by atoms with van der Waals surface area (Å²) in [7, 11) is 0. The van der Waals surface area contributed by atoms with E-state index in [4.69, 9.17) is 11.7 Å². The fourth-order valence-corrected chi connectivity index (χ4v) is 2.47. The number of thiophene rings is 1. The molecule has 1 atom stereocenters. The topological polar surface area (TPSA) is 64.9 Å². The number of hydrogen-bond acceptors (Lipinski definition) is 4. The molecule has 1 aromatic heterocycles. The van der Waals surface area contributed by atoms with Crippen molar-refractivity contribution in [2.45, 2.75) is 13.0 Å². The van der Waals surface area contributed by atoms with Gasteiger partial charge in [0.25, 0.3) is 0 Å². The Balaban J connectivity index is 2.03. The molecule has 5 heteroatoms. The standard InChI is InChI=1S/C16H13N3OS/c1-3-12-5-4-6-14(9-12)18-11(2)15(20)19-16-13(10-17)7-8-21-16/h1,4-9,11,18H,2H3,(H,19,20)/t11-/m1/s1. The molecule has 1 amide bonds. The van der Waals surface area contributed by atoms with Crippen molar-refractivity contribution in [2.24, 2.45) is 0 Å². The van der Waals surface area contributed by atoms with Crippen molar-refractivity contribution in [3.63, 3.8) is 0 Å². The van der Waals surface area contributed by atoms with Gasteiger partial charge in [0.2, 0.25) is 5.91 Å². The highest BCUT2D eigenvalue weighted by Crippen LogP contribution is 2.22. The van der Waals surface area contributed by atoms with Crippen LogP contribution in [0.4, 0.5) is 10.7 Å². The third-order valence-corrected chi connectivity index (χ3v) is 3.66. The number of nitrogens with one attached hydrogen (secondary N) is 2. The number of carbonyl (C=O) groups is 1. The fourth-order valence-electron chi connectivity index (χ4n) is 1.73. The quantitative estimate of drug-likeness (QED) is 0.852. The second kappa shape index (κ2) is 6.60. The molecule has 0 saturated heterocycles. The van der Waals surface area contributed by atoms with Crippen molar-refractivity contribution in [3.05, 3.63) is 46.8 Å². The molecule has 0 fully saturated rings. The van der Waals surface area contributed by atoms with E-state index < -0.39 is 6.04 Å². The van der Waals surface area contributed by atoms with Crippen LogP contribution in [-0.4, -0.2) is 11.9 Å². The highest BCUT2D eigenvalue weighted by Gasteiger charge is 2.15. The average Bonchev–Trinajstić information content (AvgIpc) is 2.94. The third-order valence-electron chi connectivity index (χ3n) is 2.83. The Hall–Kier alpha value is -2.76. The average molecular weight is 295 g/mol. The summed E-state index contributed by atoms with van der Waals surface area (Å²) in [6.07, 6.45) is 5.35. The van der Waals surface area contributed by atoms with Crippen LogP contribution in [0.25, 0.3) is 0 Å². The smallest absolute Gasteiger partial charge is 0.247 e. The molecule has 2 aromatic rings. The number of benzene rings is 1. The molecule has 0 bridgehead atoms. The van der Waals surface area contributed by atoms with E-state index in [0.29, 0.717) is 10.6 Å². The molecule has 2 N–H and O–H groups in total. The Morgan fingerprint density at radius 3 is 2.95 bits per heavy atom. The molecule has 1 aromatic carbocycles. The van der Waals surface area contributed by atoms with Crippen LogP contribution >= 0.6 is 11.3 Å². The lowest BCUT2D eigenvalue weighted by molar-refractivity contribution is -0.116. The zero-order valence-corrected chi connectivity index (χ0v) is 12.2. The zero-order chi connectivity index (χ0) is 15.2. The van der Waals surface area contributed by atoms with Gasteiger partial charge in [-0.1, -0.05) is 12.0 Å². The van der Waals surface area contributed by atoms with Crippen molar-refractivity contribution in [3.8, 4) is 18.4 Å². The van der Waals surface area contributed by atoms with Gasteiger partial charge < -0.3 is 10.6 Å². The van der Waals surface area contributed by atoms with Gasteiger partial charge in [0.05, 0.1) is 5.56 Å². The van der Waals surface area contributed by atoms with E-state index >= 15 is 0 Å². The monoisotopic (exact) mass is 295 g/mol. The van der Waals surface area contributed by atoms with E-state index in [0.717, 1.165) is 11.3 Å². The Bertz CT molecular complexity index is 736. The second-order valence-corrected chi connectivity index (χ2v) is 5.27. The number of amides is 1. The Kier molecular flexibility index (Phi) is 4.61. The predicted molar refractivity (Wildman–Crippen MR) is 85.1 cm³/mol. The first-order chi connectivity index (χ1) is 10.1. The van der Waals surface area contributed by atoms with Gasteiger partial charge in [0.1, 0.15) is 17.1 Å². The number of rotatable bonds is 4. The SMILES string of the molecule is C#Cc1cccc(N[C@H](C)C(=O)Nc2sccc2C#N)c1. The lowest BCUT2D eigenvalue weighted by Crippen LogP contribution is -2.31. The summed E-state index contributed by atoms with van der Waals surface area (Å²) < 4.78 is 0. The van der Waals surface area contributed by atoms with Crippen LogP contribution in [0.3, 0.4) is 0 Å². The molecule has 0 aliphatic carbocycles. The van der Waals surface area contributed by atoms with E-state index in [1.807, 2.05) is 24.3 Å². The highest BCUT2D eigenvalue weighted by atomic mass is 32.1. The number of anilines is 2. The number of nitrogens with zero attached hydrogens (tertiary/aromatic N) is 1. The maximum Gasteiger partial charge on any atom is 0.247 e. The van der Waals surface area contributed by atoms with Crippen LogP contribution in [0.1, 0.15) is 18.1 Å². The van der Waals surface area contributed by atoms with E-state index in [1.54, 1.807) is 24.4 Å². The van der Waals surface area contributed by atoms with Crippen LogP contribution in [0, 0.1) is 23.7 Å². The van der Waals surface area contributed by atoms with Crippen LogP contribution in [0.5, 0.6) is 0 Å².